The highest BCUT2D eigenvalue weighted by Gasteiger charge is 2.13. The molecule has 0 aliphatic carbocycles. The predicted octanol–water partition coefficient (Wildman–Crippen LogP) is 4.71. The van der Waals surface area contributed by atoms with Crippen LogP contribution in [0.25, 0.3) is 11.3 Å². The minimum Gasteiger partial charge on any atom is -0.352 e. The van der Waals surface area contributed by atoms with Gasteiger partial charge in [-0.05, 0) is 48.9 Å². The number of thiazole rings is 1. The first-order valence-electron chi connectivity index (χ1n) is 9.68. The Kier molecular flexibility index (Phi) is 7.91. The Hall–Kier alpha value is -3.30. The molecule has 1 heterocycles. The first-order valence-corrected chi connectivity index (χ1v) is 10.9. The smallest absolute Gasteiger partial charge is 0.251 e. The standard InChI is InChI=1S/C22H20ClFN4O3S/c1-13(29)26-16-8-9-17(18(24)11-16)19-12-32-22(27-19)28-20(30)3-2-10-25-21(31)14-4-6-15(23)7-5-14/h4-9,11-12H,2-3,10H2,1H3,(H,25,31)(H,26,29)(H,27,28,30). The molecule has 0 unspecified atom stereocenters. The third-order valence-electron chi connectivity index (χ3n) is 4.29. The van der Waals surface area contributed by atoms with Gasteiger partial charge in [-0.15, -0.1) is 11.3 Å². The van der Waals surface area contributed by atoms with E-state index in [1.54, 1.807) is 35.7 Å². The Balaban J connectivity index is 1.47. The lowest BCUT2D eigenvalue weighted by Gasteiger charge is -2.06. The zero-order chi connectivity index (χ0) is 23.1. The van der Waals surface area contributed by atoms with Crippen LogP contribution in [0.2, 0.25) is 5.02 Å². The molecule has 1 aromatic heterocycles. The van der Waals surface area contributed by atoms with Crippen LogP contribution < -0.4 is 16.0 Å². The number of anilines is 2. The molecule has 0 fully saturated rings. The minimum atomic E-state index is -0.532. The van der Waals surface area contributed by atoms with Gasteiger partial charge in [-0.3, -0.25) is 14.4 Å². The minimum absolute atomic E-state index is 0.190. The van der Waals surface area contributed by atoms with Crippen molar-refractivity contribution in [3.8, 4) is 11.3 Å². The van der Waals surface area contributed by atoms with Crippen LogP contribution in [0.3, 0.4) is 0 Å². The highest BCUT2D eigenvalue weighted by Crippen LogP contribution is 2.28. The normalized spacial score (nSPS) is 10.5. The monoisotopic (exact) mass is 474 g/mol. The molecule has 166 valence electrons. The maximum atomic E-state index is 14.4. The molecule has 7 nitrogen and oxygen atoms in total. The maximum Gasteiger partial charge on any atom is 0.251 e. The van der Waals surface area contributed by atoms with E-state index in [0.29, 0.717) is 40.1 Å². The molecule has 0 saturated heterocycles. The van der Waals surface area contributed by atoms with Crippen LogP contribution in [-0.4, -0.2) is 29.3 Å². The summed E-state index contributed by atoms with van der Waals surface area (Å²) in [5.74, 6) is -1.32. The molecule has 3 amide bonds. The van der Waals surface area contributed by atoms with E-state index in [9.17, 15) is 18.8 Å². The number of carbonyl (C=O) groups is 3. The van der Waals surface area contributed by atoms with Crippen molar-refractivity contribution in [1.29, 1.82) is 0 Å². The third kappa shape index (κ3) is 6.60. The van der Waals surface area contributed by atoms with Crippen molar-refractivity contribution in [1.82, 2.24) is 10.3 Å². The van der Waals surface area contributed by atoms with Gasteiger partial charge in [0.25, 0.3) is 5.91 Å². The molecular weight excluding hydrogens is 455 g/mol. The van der Waals surface area contributed by atoms with E-state index >= 15 is 0 Å². The van der Waals surface area contributed by atoms with E-state index in [1.165, 1.54) is 30.4 Å². The molecule has 2 aromatic carbocycles. The van der Waals surface area contributed by atoms with Crippen LogP contribution in [0.5, 0.6) is 0 Å². The van der Waals surface area contributed by atoms with Gasteiger partial charge in [-0.25, -0.2) is 9.37 Å². The quantitative estimate of drug-likeness (QED) is 0.411. The van der Waals surface area contributed by atoms with E-state index in [1.807, 2.05) is 0 Å². The molecule has 0 radical (unpaired) electrons. The molecule has 0 atom stereocenters. The fraction of sp³-hybridized carbons (Fsp3) is 0.182. The first-order chi connectivity index (χ1) is 15.3. The summed E-state index contributed by atoms with van der Waals surface area (Å²) < 4.78 is 14.4. The zero-order valence-electron chi connectivity index (χ0n) is 17.1. The second-order valence-electron chi connectivity index (χ2n) is 6.83. The molecule has 3 aromatic rings. The van der Waals surface area contributed by atoms with Gasteiger partial charge in [-0.1, -0.05) is 11.6 Å². The summed E-state index contributed by atoms with van der Waals surface area (Å²) in [4.78, 5) is 39.5. The Morgan fingerprint density at radius 3 is 2.53 bits per heavy atom. The first kappa shape index (κ1) is 23.4. The van der Waals surface area contributed by atoms with Gasteiger partial charge in [-0.2, -0.15) is 0 Å². The lowest BCUT2D eigenvalue weighted by Crippen LogP contribution is -2.25. The van der Waals surface area contributed by atoms with Crippen LogP contribution in [0.1, 0.15) is 30.1 Å². The van der Waals surface area contributed by atoms with Gasteiger partial charge < -0.3 is 16.0 Å². The molecule has 3 rings (SSSR count). The number of amides is 3. The molecule has 0 aliphatic rings. The average molecular weight is 475 g/mol. The molecule has 0 saturated carbocycles. The molecular formula is C22H20ClFN4O3S. The number of halogens is 2. The van der Waals surface area contributed by atoms with Crippen molar-refractivity contribution in [2.24, 2.45) is 0 Å². The summed E-state index contributed by atoms with van der Waals surface area (Å²) >= 11 is 6.98. The van der Waals surface area contributed by atoms with Crippen LogP contribution in [0.4, 0.5) is 15.2 Å². The van der Waals surface area contributed by atoms with Gasteiger partial charge in [0.15, 0.2) is 5.13 Å². The number of carbonyl (C=O) groups excluding carboxylic acids is 3. The SMILES string of the molecule is CC(=O)Nc1ccc(-c2csc(NC(=O)CCCNC(=O)c3ccc(Cl)cc3)n2)c(F)c1. The van der Waals surface area contributed by atoms with Gasteiger partial charge in [0.05, 0.1) is 5.69 Å². The number of hydrogen-bond acceptors (Lipinski definition) is 5. The van der Waals surface area contributed by atoms with Gasteiger partial charge in [0.2, 0.25) is 11.8 Å². The number of nitrogens with zero attached hydrogens (tertiary/aromatic N) is 1. The van der Waals surface area contributed by atoms with Crippen LogP contribution in [0.15, 0.2) is 47.8 Å². The Bertz CT molecular complexity index is 1130. The van der Waals surface area contributed by atoms with Crippen molar-refractivity contribution in [2.45, 2.75) is 19.8 Å². The summed E-state index contributed by atoms with van der Waals surface area (Å²) in [6.07, 6.45) is 0.637. The zero-order valence-corrected chi connectivity index (χ0v) is 18.6. The number of nitrogens with one attached hydrogen (secondary N) is 3. The largest absolute Gasteiger partial charge is 0.352 e. The molecule has 0 bridgehead atoms. The fourth-order valence-corrected chi connectivity index (χ4v) is 3.65. The van der Waals surface area contributed by atoms with E-state index in [-0.39, 0.29) is 29.7 Å². The van der Waals surface area contributed by atoms with Crippen molar-refractivity contribution in [3.63, 3.8) is 0 Å². The van der Waals surface area contributed by atoms with Crippen molar-refractivity contribution < 1.29 is 18.8 Å². The fourth-order valence-electron chi connectivity index (χ4n) is 2.79. The van der Waals surface area contributed by atoms with Gasteiger partial charge in [0.1, 0.15) is 5.82 Å². The molecule has 0 spiro atoms. The molecule has 32 heavy (non-hydrogen) atoms. The Morgan fingerprint density at radius 1 is 1.09 bits per heavy atom. The summed E-state index contributed by atoms with van der Waals surface area (Å²) in [5.41, 5.74) is 1.49. The van der Waals surface area contributed by atoms with Crippen molar-refractivity contribution in [2.75, 3.05) is 17.2 Å². The Labute approximate surface area is 193 Å². The number of rotatable bonds is 8. The summed E-state index contributed by atoms with van der Waals surface area (Å²) in [6.45, 7) is 1.68. The second kappa shape index (κ2) is 10.8. The number of hydrogen-bond donors (Lipinski definition) is 3. The topological polar surface area (TPSA) is 100 Å². The summed E-state index contributed by atoms with van der Waals surface area (Å²) in [5, 5.41) is 10.5. The molecule has 10 heteroatoms. The lowest BCUT2D eigenvalue weighted by molar-refractivity contribution is -0.116. The average Bonchev–Trinajstić information content (AvgIpc) is 3.19. The summed E-state index contributed by atoms with van der Waals surface area (Å²) in [7, 11) is 0. The van der Waals surface area contributed by atoms with Crippen molar-refractivity contribution in [3.05, 3.63) is 64.2 Å². The molecule has 0 aliphatic heterocycles. The van der Waals surface area contributed by atoms with Gasteiger partial charge >= 0.3 is 0 Å². The molecule has 3 N–H and O–H groups in total. The predicted molar refractivity (Wildman–Crippen MR) is 123 cm³/mol. The van der Waals surface area contributed by atoms with E-state index in [4.69, 9.17) is 11.6 Å². The van der Waals surface area contributed by atoms with E-state index in [2.05, 4.69) is 20.9 Å². The lowest BCUT2D eigenvalue weighted by atomic mass is 10.1. The maximum absolute atomic E-state index is 14.4. The second-order valence-corrected chi connectivity index (χ2v) is 8.12. The van der Waals surface area contributed by atoms with Gasteiger partial charge in [0, 0.05) is 47.1 Å². The van der Waals surface area contributed by atoms with E-state index < -0.39 is 5.82 Å². The van der Waals surface area contributed by atoms with Crippen LogP contribution in [-0.2, 0) is 9.59 Å². The highest BCUT2D eigenvalue weighted by molar-refractivity contribution is 7.14. The van der Waals surface area contributed by atoms with Crippen LogP contribution in [0, 0.1) is 5.82 Å². The third-order valence-corrected chi connectivity index (χ3v) is 5.30. The van der Waals surface area contributed by atoms with Crippen LogP contribution >= 0.6 is 22.9 Å². The van der Waals surface area contributed by atoms with E-state index in [0.717, 1.165) is 0 Å². The number of aromatic nitrogens is 1. The Morgan fingerprint density at radius 2 is 1.84 bits per heavy atom. The van der Waals surface area contributed by atoms with Crippen molar-refractivity contribution >= 4 is 51.5 Å². The number of benzene rings is 2. The summed E-state index contributed by atoms with van der Waals surface area (Å²) in [6, 6.07) is 10.8. The highest BCUT2D eigenvalue weighted by atomic mass is 35.5.